The zero-order valence-electron chi connectivity index (χ0n) is 9.34. The second kappa shape index (κ2) is 4.26. The third-order valence-corrected chi connectivity index (χ3v) is 3.93. The van der Waals surface area contributed by atoms with Crippen LogP contribution >= 0.6 is 11.8 Å². The molecule has 2 atom stereocenters. The molecular weight excluding hydrogens is 220 g/mol. The number of thioether (sulfide) groups is 1. The summed E-state index contributed by atoms with van der Waals surface area (Å²) in [7, 11) is 0. The SMILES string of the molecule is CCC(C#N)N1c2ccc(O)cc2SC1C. The van der Waals surface area contributed by atoms with Crippen LogP contribution in [0.25, 0.3) is 0 Å². The molecule has 1 aliphatic heterocycles. The summed E-state index contributed by atoms with van der Waals surface area (Å²) in [4.78, 5) is 3.18. The number of phenolic OH excluding ortho intramolecular Hbond substituents is 1. The molecule has 0 bridgehead atoms. The summed E-state index contributed by atoms with van der Waals surface area (Å²) >= 11 is 1.69. The molecule has 1 N–H and O–H groups in total. The Morgan fingerprint density at radius 3 is 3.00 bits per heavy atom. The van der Waals surface area contributed by atoms with Gasteiger partial charge in [-0.1, -0.05) is 18.7 Å². The molecule has 1 aliphatic rings. The number of hydrogen-bond donors (Lipinski definition) is 1. The highest BCUT2D eigenvalue weighted by Gasteiger charge is 2.31. The molecule has 0 saturated carbocycles. The average molecular weight is 234 g/mol. The lowest BCUT2D eigenvalue weighted by Gasteiger charge is -2.27. The van der Waals surface area contributed by atoms with Crippen molar-refractivity contribution in [2.45, 2.75) is 36.6 Å². The maximum atomic E-state index is 9.43. The van der Waals surface area contributed by atoms with Crippen molar-refractivity contribution in [2.75, 3.05) is 4.90 Å². The summed E-state index contributed by atoms with van der Waals surface area (Å²) in [6.45, 7) is 4.10. The van der Waals surface area contributed by atoms with E-state index in [2.05, 4.69) is 17.9 Å². The van der Waals surface area contributed by atoms with Crippen molar-refractivity contribution in [3.05, 3.63) is 18.2 Å². The summed E-state index contributed by atoms with van der Waals surface area (Å²) in [5.74, 6) is 0.283. The highest BCUT2D eigenvalue weighted by atomic mass is 32.2. The van der Waals surface area contributed by atoms with Crippen LogP contribution < -0.4 is 4.90 Å². The van der Waals surface area contributed by atoms with E-state index in [0.717, 1.165) is 17.0 Å². The first-order valence-electron chi connectivity index (χ1n) is 5.35. The van der Waals surface area contributed by atoms with Crippen molar-refractivity contribution in [2.24, 2.45) is 0 Å². The fourth-order valence-electron chi connectivity index (χ4n) is 2.02. The van der Waals surface area contributed by atoms with Crippen molar-refractivity contribution in [3.63, 3.8) is 0 Å². The Morgan fingerprint density at radius 2 is 2.38 bits per heavy atom. The van der Waals surface area contributed by atoms with Crippen LogP contribution in [0.2, 0.25) is 0 Å². The van der Waals surface area contributed by atoms with Crippen molar-refractivity contribution in [3.8, 4) is 11.8 Å². The Morgan fingerprint density at radius 1 is 1.62 bits per heavy atom. The molecule has 4 heteroatoms. The van der Waals surface area contributed by atoms with Gasteiger partial charge in [0.2, 0.25) is 0 Å². The van der Waals surface area contributed by atoms with Gasteiger partial charge in [-0.25, -0.2) is 0 Å². The third-order valence-electron chi connectivity index (χ3n) is 2.78. The van der Waals surface area contributed by atoms with Gasteiger partial charge in [0.25, 0.3) is 0 Å². The number of fused-ring (bicyclic) bond motifs is 1. The van der Waals surface area contributed by atoms with E-state index in [1.165, 1.54) is 0 Å². The lowest BCUT2D eigenvalue weighted by atomic mass is 10.1. The monoisotopic (exact) mass is 234 g/mol. The summed E-state index contributed by atoms with van der Waals surface area (Å²) in [6, 6.07) is 7.57. The van der Waals surface area contributed by atoms with Crippen LogP contribution in [0.15, 0.2) is 23.1 Å². The van der Waals surface area contributed by atoms with E-state index in [1.54, 1.807) is 23.9 Å². The Kier molecular flexibility index (Phi) is 2.97. The molecule has 1 heterocycles. The first-order chi connectivity index (χ1) is 7.67. The van der Waals surface area contributed by atoms with Gasteiger partial charge in [0.05, 0.1) is 17.1 Å². The number of rotatable bonds is 2. The summed E-state index contributed by atoms with van der Waals surface area (Å²) in [5.41, 5.74) is 1.06. The molecule has 2 rings (SSSR count). The van der Waals surface area contributed by atoms with Gasteiger partial charge in [-0.2, -0.15) is 5.26 Å². The zero-order valence-corrected chi connectivity index (χ0v) is 10.2. The van der Waals surface area contributed by atoms with E-state index >= 15 is 0 Å². The number of nitriles is 1. The molecule has 0 aromatic heterocycles. The summed E-state index contributed by atoms with van der Waals surface area (Å²) < 4.78 is 0. The van der Waals surface area contributed by atoms with Crippen molar-refractivity contribution in [1.29, 1.82) is 5.26 Å². The molecule has 2 unspecified atom stereocenters. The maximum Gasteiger partial charge on any atom is 0.117 e. The van der Waals surface area contributed by atoms with Crippen LogP contribution in [-0.4, -0.2) is 16.5 Å². The molecular formula is C12H14N2OS. The van der Waals surface area contributed by atoms with Crippen LogP contribution in [0.3, 0.4) is 0 Å². The number of nitrogens with zero attached hydrogens (tertiary/aromatic N) is 2. The van der Waals surface area contributed by atoms with Gasteiger partial charge in [-0.3, -0.25) is 0 Å². The van der Waals surface area contributed by atoms with Gasteiger partial charge in [-0.15, -0.1) is 0 Å². The van der Waals surface area contributed by atoms with E-state index in [0.29, 0.717) is 0 Å². The summed E-state index contributed by atoms with van der Waals surface area (Å²) in [5, 5.41) is 18.8. The molecule has 0 fully saturated rings. The van der Waals surface area contributed by atoms with Crippen molar-refractivity contribution >= 4 is 17.4 Å². The van der Waals surface area contributed by atoms with E-state index in [-0.39, 0.29) is 17.2 Å². The molecule has 0 spiro atoms. The van der Waals surface area contributed by atoms with E-state index < -0.39 is 0 Å². The quantitative estimate of drug-likeness (QED) is 0.854. The Balaban J connectivity index is 2.40. The van der Waals surface area contributed by atoms with Gasteiger partial charge in [-0.05, 0) is 31.5 Å². The molecule has 1 aromatic carbocycles. The molecule has 84 valence electrons. The van der Waals surface area contributed by atoms with E-state index in [1.807, 2.05) is 13.0 Å². The molecule has 16 heavy (non-hydrogen) atoms. The van der Waals surface area contributed by atoms with Crippen LogP contribution in [0.5, 0.6) is 5.75 Å². The fraction of sp³-hybridized carbons (Fsp3) is 0.417. The zero-order chi connectivity index (χ0) is 11.7. The number of benzene rings is 1. The number of aromatic hydroxyl groups is 1. The smallest absolute Gasteiger partial charge is 0.117 e. The van der Waals surface area contributed by atoms with Crippen molar-refractivity contribution in [1.82, 2.24) is 0 Å². The summed E-state index contributed by atoms with van der Waals surface area (Å²) in [6.07, 6.45) is 0.807. The number of hydrogen-bond acceptors (Lipinski definition) is 4. The van der Waals surface area contributed by atoms with E-state index in [4.69, 9.17) is 5.26 Å². The molecule has 0 saturated heterocycles. The third kappa shape index (κ3) is 1.72. The van der Waals surface area contributed by atoms with E-state index in [9.17, 15) is 5.11 Å². The first kappa shape index (κ1) is 11.2. The minimum absolute atomic E-state index is 0.0895. The highest BCUT2D eigenvalue weighted by molar-refractivity contribution is 8.00. The standard InChI is InChI=1S/C12H14N2OS/c1-3-9(7-13)14-8(2)16-12-6-10(15)4-5-11(12)14/h4-6,8-9,15H,3H2,1-2H3. The second-order valence-corrected chi connectivity index (χ2v) is 5.19. The Hall–Kier alpha value is -1.34. The highest BCUT2D eigenvalue weighted by Crippen LogP contribution is 2.45. The lowest BCUT2D eigenvalue weighted by molar-refractivity contribution is 0.474. The van der Waals surface area contributed by atoms with Crippen LogP contribution in [-0.2, 0) is 0 Å². The average Bonchev–Trinajstić information content (AvgIpc) is 2.57. The van der Waals surface area contributed by atoms with Crippen LogP contribution in [0, 0.1) is 11.3 Å². The van der Waals surface area contributed by atoms with Gasteiger partial charge < -0.3 is 10.0 Å². The maximum absolute atomic E-state index is 9.43. The predicted octanol–water partition coefficient (Wildman–Crippen LogP) is 2.95. The fourth-order valence-corrected chi connectivity index (χ4v) is 3.24. The predicted molar refractivity (Wildman–Crippen MR) is 65.6 cm³/mol. The van der Waals surface area contributed by atoms with Gasteiger partial charge in [0.1, 0.15) is 11.8 Å². The number of phenols is 1. The molecule has 0 amide bonds. The lowest BCUT2D eigenvalue weighted by Crippen LogP contribution is -2.36. The van der Waals surface area contributed by atoms with Crippen molar-refractivity contribution < 1.29 is 5.11 Å². The second-order valence-electron chi connectivity index (χ2n) is 3.83. The minimum atomic E-state index is -0.0895. The molecule has 0 radical (unpaired) electrons. The topological polar surface area (TPSA) is 47.3 Å². The Labute approximate surface area is 99.7 Å². The normalized spacial score (nSPS) is 20.3. The number of anilines is 1. The van der Waals surface area contributed by atoms with Crippen LogP contribution in [0.1, 0.15) is 20.3 Å². The van der Waals surface area contributed by atoms with Crippen LogP contribution in [0.4, 0.5) is 5.69 Å². The molecule has 0 aliphatic carbocycles. The van der Waals surface area contributed by atoms with Gasteiger partial charge >= 0.3 is 0 Å². The van der Waals surface area contributed by atoms with Gasteiger partial charge in [0, 0.05) is 4.90 Å². The minimum Gasteiger partial charge on any atom is -0.508 e. The first-order valence-corrected chi connectivity index (χ1v) is 6.23. The molecule has 1 aromatic rings. The Bertz CT molecular complexity index is 441. The van der Waals surface area contributed by atoms with Gasteiger partial charge in [0.15, 0.2) is 0 Å². The largest absolute Gasteiger partial charge is 0.508 e. The molecule has 3 nitrogen and oxygen atoms in total.